The molecular weight excluding hydrogens is 749 g/mol. The summed E-state index contributed by atoms with van der Waals surface area (Å²) in [5.74, 6) is -0.499. The van der Waals surface area contributed by atoms with Gasteiger partial charge in [0.1, 0.15) is 0 Å². The minimum atomic E-state index is -0.613. The van der Waals surface area contributed by atoms with Gasteiger partial charge in [0.25, 0.3) is 0 Å². The Kier molecular flexibility index (Phi) is 17.4. The molecule has 0 N–H and O–H groups in total. The summed E-state index contributed by atoms with van der Waals surface area (Å²) < 4.78 is 4.80. The number of rotatable bonds is 11. The zero-order chi connectivity index (χ0) is 32.7. The minimum absolute atomic E-state index is 0. The molecule has 0 heterocycles. The first-order valence-corrected chi connectivity index (χ1v) is 18.9. The van der Waals surface area contributed by atoms with E-state index in [1.54, 1.807) is 0 Å². The van der Waals surface area contributed by atoms with Gasteiger partial charge in [0, 0.05) is 6.16 Å². The Bertz CT molecular complexity index is 1740. The molecule has 0 amide bonds. The fraction of sp³-hybridized carbons (Fsp3) is 0.0930. The minimum Gasteiger partial charge on any atom is -1.00 e. The molecule has 0 aliphatic rings. The quantitative estimate of drug-likeness (QED) is 0.0649. The normalized spacial score (nSPS) is 10.2. The third-order valence-electron chi connectivity index (χ3n) is 7.73. The molecule has 49 heavy (non-hydrogen) atoms. The van der Waals surface area contributed by atoms with Crippen molar-refractivity contribution in [2.24, 2.45) is 0 Å². The van der Waals surface area contributed by atoms with Crippen molar-refractivity contribution < 1.29 is 43.0 Å². The van der Waals surface area contributed by atoms with Crippen LogP contribution in [-0.4, -0.2) is 13.1 Å². The van der Waals surface area contributed by atoms with Crippen LogP contribution in [0, 0.1) is 6.58 Å². The van der Waals surface area contributed by atoms with Crippen molar-refractivity contribution in [3.63, 3.8) is 0 Å². The van der Waals surface area contributed by atoms with Gasteiger partial charge < -0.3 is 21.7 Å². The molecule has 0 aliphatic carbocycles. The molecule has 0 bridgehead atoms. The zero-order valence-electron chi connectivity index (χ0n) is 27.3. The van der Waals surface area contributed by atoms with Crippen LogP contribution in [0.15, 0.2) is 176 Å². The van der Waals surface area contributed by atoms with Crippen LogP contribution in [0.2, 0.25) is 0 Å². The Morgan fingerprint density at radius 1 is 0.531 bits per heavy atom. The van der Waals surface area contributed by atoms with Gasteiger partial charge in [0.2, 0.25) is 0 Å². The molecule has 1 radical (unpaired) electrons. The van der Waals surface area contributed by atoms with E-state index in [1.165, 1.54) is 34.2 Å². The van der Waals surface area contributed by atoms with Gasteiger partial charge in [0.05, 0.1) is 12.7 Å². The van der Waals surface area contributed by atoms with E-state index < -0.39 is 13.9 Å². The summed E-state index contributed by atoms with van der Waals surface area (Å²) in [4.78, 5) is 11.9. The summed E-state index contributed by atoms with van der Waals surface area (Å²) >= 11 is 0. The number of hydrogen-bond acceptors (Lipinski definition) is 2. The van der Waals surface area contributed by atoms with E-state index in [4.69, 9.17) is 11.3 Å². The number of carbonyl (C=O) groups excluding carboxylic acids is 1. The molecule has 249 valence electrons. The maximum atomic E-state index is 11.9. The molecule has 6 aromatic carbocycles. The number of esters is 1. The van der Waals surface area contributed by atoms with Gasteiger partial charge in [0.15, 0.2) is 0 Å². The van der Waals surface area contributed by atoms with Crippen LogP contribution in [0.5, 0.6) is 0 Å². The first-order valence-electron chi connectivity index (χ1n) is 15.7. The molecule has 0 unspecified atom stereocenters. The van der Waals surface area contributed by atoms with Gasteiger partial charge >= 0.3 is 22.5 Å². The molecule has 6 rings (SSSR count). The van der Waals surface area contributed by atoms with Crippen molar-refractivity contribution in [1.82, 2.24) is 0 Å². The predicted octanol–water partition coefficient (Wildman–Crippen LogP) is 6.50. The number of carbonyl (C=O) groups is 1. The van der Waals surface area contributed by atoms with Crippen molar-refractivity contribution in [2.45, 2.75) is 18.5 Å². The molecular formula is C43H39BrNiO2P2+. The van der Waals surface area contributed by atoms with E-state index in [2.05, 4.69) is 140 Å². The fourth-order valence-electron chi connectivity index (χ4n) is 5.34. The number of benzene rings is 6. The third kappa shape index (κ3) is 12.0. The third-order valence-corrected chi connectivity index (χ3v) is 12.8. The molecule has 0 fully saturated rings. The summed E-state index contributed by atoms with van der Waals surface area (Å²) in [6, 6.07) is 61.4. The molecule has 6 aromatic rings. The second-order valence-corrected chi connectivity index (χ2v) is 15.4. The Labute approximate surface area is 314 Å². The van der Waals surface area contributed by atoms with Gasteiger partial charge in [-0.05, 0) is 65.0 Å². The van der Waals surface area contributed by atoms with E-state index in [-0.39, 0.29) is 47.0 Å². The van der Waals surface area contributed by atoms with E-state index >= 15 is 0 Å². The van der Waals surface area contributed by atoms with Crippen LogP contribution >= 0.6 is 15.8 Å². The van der Waals surface area contributed by atoms with E-state index in [0.29, 0.717) is 0 Å². The Hall–Kier alpha value is -3.64. The molecule has 0 atom stereocenters. The van der Waals surface area contributed by atoms with Gasteiger partial charge in [-0.3, -0.25) is 0 Å². The van der Waals surface area contributed by atoms with Gasteiger partial charge in [-0.2, -0.15) is 0 Å². The van der Waals surface area contributed by atoms with Crippen LogP contribution in [-0.2, 0) is 44.5 Å². The topological polar surface area (TPSA) is 26.3 Å². The summed E-state index contributed by atoms with van der Waals surface area (Å²) in [6.07, 6.45) is 3.10. The van der Waals surface area contributed by atoms with Crippen LogP contribution in [0.4, 0.5) is 0 Å². The Balaban J connectivity index is 0.000000260. The van der Waals surface area contributed by atoms with Crippen LogP contribution in [0.3, 0.4) is 0 Å². The van der Waals surface area contributed by atoms with Gasteiger partial charge in [-0.1, -0.05) is 184 Å². The maximum absolute atomic E-state index is 11.9. The monoisotopic (exact) mass is 786 g/mol. The Morgan fingerprint density at radius 2 is 0.898 bits per heavy atom. The number of hydrogen-bond donors (Lipinski definition) is 0. The molecule has 0 aromatic heterocycles. The smallest absolute Gasteiger partial charge is 1.00 e. The standard InChI is InChI=1S/C23H20O2P.C20H19P.BrH.Ni/c1-18(23(24)25-2)22-16-10-9-11-19(22)17-26(20-12-5-3-6-13-20)21-14-7-4-8-15-21;1-4-10-18(11-5-1)16-21(20-14-8-3-9-15-20)17-19-12-6-2-7-13-19;;/h1,3-16H,17H2,2H3;1-15H,16-17H2;1H;/q;;;+2/p-1. The van der Waals surface area contributed by atoms with Crippen molar-refractivity contribution >= 4 is 43.3 Å². The molecule has 0 saturated heterocycles. The van der Waals surface area contributed by atoms with Crippen LogP contribution < -0.4 is 32.9 Å². The summed E-state index contributed by atoms with van der Waals surface area (Å²) in [5.41, 5.74) is 4.82. The van der Waals surface area contributed by atoms with Crippen molar-refractivity contribution in [2.75, 3.05) is 7.11 Å². The first-order chi connectivity index (χ1) is 23.1. The second-order valence-electron chi connectivity index (χ2n) is 11.0. The van der Waals surface area contributed by atoms with E-state index in [0.717, 1.165) is 29.6 Å². The fourth-order valence-corrected chi connectivity index (χ4v) is 10.1. The molecule has 2 nitrogen and oxygen atoms in total. The number of ether oxygens (including phenoxy) is 1. The molecule has 0 spiro atoms. The average molecular weight is 788 g/mol. The largest absolute Gasteiger partial charge is 2.00 e. The second kappa shape index (κ2) is 21.4. The van der Waals surface area contributed by atoms with Gasteiger partial charge in [-0.25, -0.2) is 4.79 Å². The molecule has 6 heteroatoms. The van der Waals surface area contributed by atoms with Crippen LogP contribution in [0.1, 0.15) is 22.3 Å². The zero-order valence-corrected chi connectivity index (χ0v) is 31.7. The number of halogens is 1. The van der Waals surface area contributed by atoms with Crippen LogP contribution in [0.25, 0.3) is 5.57 Å². The predicted molar refractivity (Wildman–Crippen MR) is 202 cm³/mol. The van der Waals surface area contributed by atoms with E-state index in [1.807, 2.05) is 36.4 Å². The SMILES string of the molecule is [Br-].[CH]=C(C(=O)OC)c1ccccc1CP(c1ccccc1)c1ccccc1.[Ni+2].c1ccc(CP(Cc2ccccc2)c2ccccc2)cc1. The van der Waals surface area contributed by atoms with Crippen molar-refractivity contribution in [1.29, 1.82) is 0 Å². The summed E-state index contributed by atoms with van der Waals surface area (Å²) in [7, 11) is 0.525. The number of methoxy groups -OCH3 is 1. The van der Waals surface area contributed by atoms with Crippen molar-refractivity contribution in [3.05, 3.63) is 205 Å². The Morgan fingerprint density at radius 3 is 1.33 bits per heavy atom. The summed E-state index contributed by atoms with van der Waals surface area (Å²) in [5, 5.41) is 4.07. The first kappa shape index (κ1) is 39.8. The average Bonchev–Trinajstić information content (AvgIpc) is 3.15. The van der Waals surface area contributed by atoms with Crippen molar-refractivity contribution in [3.8, 4) is 0 Å². The van der Waals surface area contributed by atoms with E-state index in [9.17, 15) is 4.79 Å². The maximum Gasteiger partial charge on any atom is 2.00 e. The summed E-state index contributed by atoms with van der Waals surface area (Å²) in [6.45, 7) is 6.05. The molecule has 0 saturated carbocycles. The van der Waals surface area contributed by atoms with Gasteiger partial charge in [-0.15, -0.1) is 0 Å². The molecule has 0 aliphatic heterocycles.